The van der Waals surface area contributed by atoms with E-state index in [-0.39, 0.29) is 5.78 Å². The number of halogens is 1. The van der Waals surface area contributed by atoms with E-state index in [1.165, 1.54) is 0 Å². The first-order chi connectivity index (χ1) is 8.16. The number of rotatable bonds is 3. The maximum absolute atomic E-state index is 11.8. The van der Waals surface area contributed by atoms with E-state index in [1.54, 1.807) is 36.3 Å². The molecule has 86 valence electrons. The molecule has 0 N–H and O–H groups in total. The number of benzene rings is 1. The monoisotopic (exact) mass is 290 g/mol. The zero-order valence-corrected chi connectivity index (χ0v) is 10.9. The summed E-state index contributed by atoms with van der Waals surface area (Å²) in [7, 11) is 1.79. The molecule has 3 nitrogen and oxygen atoms in total. The summed E-state index contributed by atoms with van der Waals surface area (Å²) < 4.78 is 2.58. The Hall–Kier alpha value is -1.68. The van der Waals surface area contributed by atoms with Crippen LogP contribution in [0.2, 0.25) is 0 Å². The summed E-state index contributed by atoms with van der Waals surface area (Å²) in [6, 6.07) is 7.74. The van der Waals surface area contributed by atoms with Gasteiger partial charge in [0.15, 0.2) is 5.78 Å². The lowest BCUT2D eigenvalue weighted by Gasteiger charge is -1.96. The van der Waals surface area contributed by atoms with Gasteiger partial charge in [-0.3, -0.25) is 9.48 Å². The third-order valence-corrected chi connectivity index (χ3v) is 3.03. The Balaban J connectivity index is 2.17. The summed E-state index contributed by atoms with van der Waals surface area (Å²) in [4.78, 5) is 11.8. The smallest absolute Gasteiger partial charge is 0.189 e. The lowest BCUT2D eigenvalue weighted by atomic mass is 10.1. The quantitative estimate of drug-likeness (QED) is 0.643. The van der Waals surface area contributed by atoms with Crippen molar-refractivity contribution in [1.82, 2.24) is 9.78 Å². The Morgan fingerprint density at radius 3 is 2.82 bits per heavy atom. The molecule has 2 rings (SSSR count). The minimum absolute atomic E-state index is 0.0474. The Bertz CT molecular complexity index is 572. The van der Waals surface area contributed by atoms with Gasteiger partial charge in [0, 0.05) is 17.7 Å². The summed E-state index contributed by atoms with van der Waals surface area (Å²) in [5, 5.41) is 3.96. The molecule has 1 aromatic carbocycles. The van der Waals surface area contributed by atoms with Gasteiger partial charge in [-0.15, -0.1) is 0 Å². The fourth-order valence-corrected chi connectivity index (χ4v) is 1.84. The number of allylic oxidation sites excluding steroid dienone is 1. The van der Waals surface area contributed by atoms with Crippen LogP contribution in [0.15, 0.2) is 47.2 Å². The molecule has 1 aromatic heterocycles. The van der Waals surface area contributed by atoms with Crippen LogP contribution in [0.5, 0.6) is 0 Å². The predicted octanol–water partition coefficient (Wildman–Crippen LogP) is 3.08. The summed E-state index contributed by atoms with van der Waals surface area (Å²) in [5.41, 5.74) is 1.57. The van der Waals surface area contributed by atoms with Crippen LogP contribution in [-0.4, -0.2) is 15.6 Å². The van der Waals surface area contributed by atoms with Gasteiger partial charge in [0.05, 0.1) is 11.8 Å². The van der Waals surface area contributed by atoms with Gasteiger partial charge in [0.25, 0.3) is 0 Å². The Morgan fingerprint density at radius 2 is 2.18 bits per heavy atom. The second kappa shape index (κ2) is 5.10. The average molecular weight is 291 g/mol. The molecule has 1 heterocycles. The fraction of sp³-hybridized carbons (Fsp3) is 0.0769. The van der Waals surface area contributed by atoms with E-state index in [2.05, 4.69) is 21.0 Å². The van der Waals surface area contributed by atoms with E-state index in [9.17, 15) is 4.79 Å². The number of aromatic nitrogens is 2. The van der Waals surface area contributed by atoms with Gasteiger partial charge in [0.1, 0.15) is 0 Å². The van der Waals surface area contributed by atoms with Crippen LogP contribution in [0.1, 0.15) is 15.9 Å². The first-order valence-corrected chi connectivity index (χ1v) is 5.92. The van der Waals surface area contributed by atoms with Crippen molar-refractivity contribution >= 4 is 27.8 Å². The van der Waals surface area contributed by atoms with Crippen molar-refractivity contribution in [2.75, 3.05) is 0 Å². The van der Waals surface area contributed by atoms with Gasteiger partial charge in [-0.25, -0.2) is 0 Å². The third-order valence-electron chi connectivity index (χ3n) is 2.31. The number of hydrogen-bond acceptors (Lipinski definition) is 2. The number of nitrogens with zero attached hydrogens (tertiary/aromatic N) is 2. The standard InChI is InChI=1S/C13H11BrN2O/c1-16-9-11(8-15-16)13(17)7-6-10-4-2-3-5-12(10)14/h2-9H,1H3/b7-6+. The first-order valence-electron chi connectivity index (χ1n) is 5.12. The molecule has 0 aliphatic carbocycles. The second-order valence-electron chi connectivity index (χ2n) is 3.62. The van der Waals surface area contributed by atoms with Crippen LogP contribution in [0.3, 0.4) is 0 Å². The average Bonchev–Trinajstić information content (AvgIpc) is 2.74. The highest BCUT2D eigenvalue weighted by atomic mass is 79.9. The SMILES string of the molecule is Cn1cc(C(=O)/C=C/c2ccccc2Br)cn1. The van der Waals surface area contributed by atoms with Crippen LogP contribution in [0.4, 0.5) is 0 Å². The minimum atomic E-state index is -0.0474. The zero-order chi connectivity index (χ0) is 12.3. The van der Waals surface area contributed by atoms with E-state index < -0.39 is 0 Å². The Morgan fingerprint density at radius 1 is 1.41 bits per heavy atom. The number of hydrogen-bond donors (Lipinski definition) is 0. The van der Waals surface area contributed by atoms with E-state index in [0.29, 0.717) is 5.56 Å². The van der Waals surface area contributed by atoms with Crippen molar-refractivity contribution in [2.45, 2.75) is 0 Å². The lowest BCUT2D eigenvalue weighted by molar-refractivity contribution is 0.104. The van der Waals surface area contributed by atoms with Crippen LogP contribution in [0, 0.1) is 0 Å². The molecule has 0 bridgehead atoms. The highest BCUT2D eigenvalue weighted by Gasteiger charge is 2.03. The normalized spacial score (nSPS) is 10.9. The molecule has 0 radical (unpaired) electrons. The molecule has 0 unspecified atom stereocenters. The van der Waals surface area contributed by atoms with Crippen molar-refractivity contribution in [1.29, 1.82) is 0 Å². The number of carbonyl (C=O) groups is 1. The van der Waals surface area contributed by atoms with Crippen LogP contribution in [0.25, 0.3) is 6.08 Å². The van der Waals surface area contributed by atoms with Gasteiger partial charge < -0.3 is 0 Å². The maximum Gasteiger partial charge on any atom is 0.189 e. The van der Waals surface area contributed by atoms with E-state index in [4.69, 9.17) is 0 Å². The van der Waals surface area contributed by atoms with Crippen molar-refractivity contribution in [3.63, 3.8) is 0 Å². The predicted molar refractivity (Wildman–Crippen MR) is 70.7 cm³/mol. The van der Waals surface area contributed by atoms with Gasteiger partial charge in [-0.05, 0) is 23.8 Å². The molecule has 17 heavy (non-hydrogen) atoms. The summed E-state index contributed by atoms with van der Waals surface area (Å²) in [6.07, 6.45) is 6.61. The third kappa shape index (κ3) is 2.91. The van der Waals surface area contributed by atoms with Crippen LogP contribution in [-0.2, 0) is 7.05 Å². The number of carbonyl (C=O) groups excluding carboxylic acids is 1. The van der Waals surface area contributed by atoms with Crippen molar-refractivity contribution in [2.24, 2.45) is 7.05 Å². The summed E-state index contributed by atoms with van der Waals surface area (Å²) >= 11 is 3.43. The second-order valence-corrected chi connectivity index (χ2v) is 4.48. The molecule has 4 heteroatoms. The van der Waals surface area contributed by atoms with Crippen LogP contribution >= 0.6 is 15.9 Å². The maximum atomic E-state index is 11.8. The van der Waals surface area contributed by atoms with E-state index >= 15 is 0 Å². The van der Waals surface area contributed by atoms with Crippen molar-refractivity contribution < 1.29 is 4.79 Å². The van der Waals surface area contributed by atoms with Gasteiger partial charge in [0.2, 0.25) is 0 Å². The van der Waals surface area contributed by atoms with Gasteiger partial charge >= 0.3 is 0 Å². The first kappa shape index (κ1) is 11.8. The molecule has 0 fully saturated rings. The molecular formula is C13H11BrN2O. The molecular weight excluding hydrogens is 280 g/mol. The molecule has 0 amide bonds. The largest absolute Gasteiger partial charge is 0.289 e. The summed E-state index contributed by atoms with van der Waals surface area (Å²) in [6.45, 7) is 0. The highest BCUT2D eigenvalue weighted by molar-refractivity contribution is 9.10. The highest BCUT2D eigenvalue weighted by Crippen LogP contribution is 2.17. The van der Waals surface area contributed by atoms with Crippen molar-refractivity contribution in [3.05, 3.63) is 58.3 Å². The molecule has 0 saturated heterocycles. The van der Waals surface area contributed by atoms with Crippen LogP contribution < -0.4 is 0 Å². The molecule has 2 aromatic rings. The van der Waals surface area contributed by atoms with Crippen molar-refractivity contribution in [3.8, 4) is 0 Å². The summed E-state index contributed by atoms with van der Waals surface area (Å²) in [5.74, 6) is -0.0474. The molecule has 0 aliphatic heterocycles. The Kier molecular flexibility index (Phi) is 3.54. The zero-order valence-electron chi connectivity index (χ0n) is 9.30. The Labute approximate surface area is 108 Å². The lowest BCUT2D eigenvalue weighted by Crippen LogP contribution is -1.91. The molecule has 0 atom stereocenters. The molecule has 0 spiro atoms. The number of aryl methyl sites for hydroxylation is 1. The molecule has 0 aliphatic rings. The van der Waals surface area contributed by atoms with Gasteiger partial charge in [-0.1, -0.05) is 34.1 Å². The van der Waals surface area contributed by atoms with E-state index in [1.807, 2.05) is 24.3 Å². The van der Waals surface area contributed by atoms with E-state index in [0.717, 1.165) is 10.0 Å². The topological polar surface area (TPSA) is 34.9 Å². The minimum Gasteiger partial charge on any atom is -0.289 e. The van der Waals surface area contributed by atoms with Gasteiger partial charge in [-0.2, -0.15) is 5.10 Å². The number of ketones is 1. The molecule has 0 saturated carbocycles. The fourth-order valence-electron chi connectivity index (χ4n) is 1.42.